The zero-order valence-corrected chi connectivity index (χ0v) is 15.2. The van der Waals surface area contributed by atoms with Crippen LogP contribution in [0.2, 0.25) is 0 Å². The highest BCUT2D eigenvalue weighted by Crippen LogP contribution is 2.31. The minimum absolute atomic E-state index is 0.271. The summed E-state index contributed by atoms with van der Waals surface area (Å²) in [5, 5.41) is 5.41. The second-order valence-electron chi connectivity index (χ2n) is 6.97. The standard InChI is InChI=1S/C17H31N3O4/c1-5-24-16(23)17(8-6-7-9-17)20-14(21)12(4)19-15(22)13(18)10-11(2)3/h11-13H,5-10,18H2,1-4H3,(H,19,22)(H,20,21)/t12-,13-/m0/s1. The summed E-state index contributed by atoms with van der Waals surface area (Å²) in [4.78, 5) is 36.7. The van der Waals surface area contributed by atoms with Gasteiger partial charge in [0.05, 0.1) is 12.6 Å². The number of ether oxygens (including phenoxy) is 1. The molecule has 0 bridgehead atoms. The van der Waals surface area contributed by atoms with Crippen LogP contribution in [0.25, 0.3) is 0 Å². The van der Waals surface area contributed by atoms with E-state index in [1.807, 2.05) is 13.8 Å². The highest BCUT2D eigenvalue weighted by molar-refractivity contribution is 5.93. The predicted molar refractivity (Wildman–Crippen MR) is 91.0 cm³/mol. The first-order chi connectivity index (χ1) is 11.2. The van der Waals surface area contributed by atoms with E-state index >= 15 is 0 Å². The Balaban J connectivity index is 2.64. The zero-order chi connectivity index (χ0) is 18.3. The van der Waals surface area contributed by atoms with Gasteiger partial charge in [0.15, 0.2) is 0 Å². The van der Waals surface area contributed by atoms with E-state index in [2.05, 4.69) is 10.6 Å². The van der Waals surface area contributed by atoms with Crippen molar-refractivity contribution in [2.75, 3.05) is 6.61 Å². The minimum atomic E-state index is -0.966. The zero-order valence-electron chi connectivity index (χ0n) is 15.2. The van der Waals surface area contributed by atoms with E-state index in [1.54, 1.807) is 13.8 Å². The maximum Gasteiger partial charge on any atom is 0.331 e. The molecule has 0 unspecified atom stereocenters. The lowest BCUT2D eigenvalue weighted by atomic mass is 9.97. The third-order valence-corrected chi connectivity index (χ3v) is 4.30. The molecule has 138 valence electrons. The second kappa shape index (κ2) is 9.01. The number of hydrogen-bond acceptors (Lipinski definition) is 5. The summed E-state index contributed by atoms with van der Waals surface area (Å²) in [7, 11) is 0. The van der Waals surface area contributed by atoms with Gasteiger partial charge in [-0.2, -0.15) is 0 Å². The van der Waals surface area contributed by atoms with Crippen LogP contribution in [0.3, 0.4) is 0 Å². The van der Waals surface area contributed by atoms with Crippen LogP contribution in [0.4, 0.5) is 0 Å². The summed E-state index contributed by atoms with van der Waals surface area (Å²) in [6.45, 7) is 7.55. The minimum Gasteiger partial charge on any atom is -0.464 e. The van der Waals surface area contributed by atoms with Crippen molar-refractivity contribution in [3.05, 3.63) is 0 Å². The van der Waals surface area contributed by atoms with Gasteiger partial charge < -0.3 is 21.1 Å². The average molecular weight is 341 g/mol. The molecule has 0 aromatic carbocycles. The highest BCUT2D eigenvalue weighted by Gasteiger charge is 2.44. The molecule has 2 amide bonds. The molecule has 1 fully saturated rings. The average Bonchev–Trinajstić information content (AvgIpc) is 2.96. The molecule has 0 aliphatic heterocycles. The molecule has 4 N–H and O–H groups in total. The van der Waals surface area contributed by atoms with E-state index in [4.69, 9.17) is 10.5 Å². The SMILES string of the molecule is CCOC(=O)C1(NC(=O)[C@H](C)NC(=O)[C@@H](N)CC(C)C)CCCC1. The van der Waals surface area contributed by atoms with Crippen molar-refractivity contribution in [3.63, 3.8) is 0 Å². The van der Waals surface area contributed by atoms with Crippen molar-refractivity contribution >= 4 is 17.8 Å². The number of esters is 1. The van der Waals surface area contributed by atoms with Gasteiger partial charge in [0, 0.05) is 0 Å². The van der Waals surface area contributed by atoms with E-state index in [-0.39, 0.29) is 12.5 Å². The topological polar surface area (TPSA) is 111 Å². The number of rotatable bonds is 8. The van der Waals surface area contributed by atoms with Gasteiger partial charge in [-0.1, -0.05) is 26.7 Å². The van der Waals surface area contributed by atoms with Crippen molar-refractivity contribution < 1.29 is 19.1 Å². The van der Waals surface area contributed by atoms with Crippen molar-refractivity contribution in [2.24, 2.45) is 11.7 Å². The van der Waals surface area contributed by atoms with Crippen molar-refractivity contribution in [3.8, 4) is 0 Å². The van der Waals surface area contributed by atoms with E-state index < -0.39 is 29.5 Å². The Kier molecular flexibility index (Phi) is 7.66. The largest absolute Gasteiger partial charge is 0.464 e. The monoisotopic (exact) mass is 341 g/mol. The van der Waals surface area contributed by atoms with Gasteiger partial charge in [0.25, 0.3) is 0 Å². The van der Waals surface area contributed by atoms with Crippen molar-refractivity contribution in [2.45, 2.75) is 77.4 Å². The van der Waals surface area contributed by atoms with Gasteiger partial charge in [-0.15, -0.1) is 0 Å². The van der Waals surface area contributed by atoms with Crippen LogP contribution in [0, 0.1) is 5.92 Å². The number of carbonyl (C=O) groups is 3. The first kappa shape index (κ1) is 20.4. The van der Waals surface area contributed by atoms with Crippen LogP contribution in [-0.2, 0) is 19.1 Å². The lowest BCUT2D eigenvalue weighted by Crippen LogP contribution is -2.59. The lowest BCUT2D eigenvalue weighted by molar-refractivity contribution is -0.153. The number of nitrogens with two attached hydrogens (primary N) is 1. The second-order valence-corrected chi connectivity index (χ2v) is 6.97. The highest BCUT2D eigenvalue weighted by atomic mass is 16.5. The molecular weight excluding hydrogens is 310 g/mol. The van der Waals surface area contributed by atoms with Crippen LogP contribution in [0.5, 0.6) is 0 Å². The summed E-state index contributed by atoms with van der Waals surface area (Å²) in [5.41, 5.74) is 4.86. The summed E-state index contributed by atoms with van der Waals surface area (Å²) in [6.07, 6.45) is 3.39. The normalized spacial score (nSPS) is 18.8. The predicted octanol–water partition coefficient (Wildman–Crippen LogP) is 0.857. The molecular formula is C17H31N3O4. The van der Waals surface area contributed by atoms with Gasteiger partial charge in [0.1, 0.15) is 11.6 Å². The fourth-order valence-corrected chi connectivity index (χ4v) is 2.97. The smallest absolute Gasteiger partial charge is 0.331 e. The molecule has 1 aliphatic carbocycles. The Morgan fingerprint density at radius 3 is 2.21 bits per heavy atom. The molecule has 1 aliphatic rings. The number of nitrogens with one attached hydrogen (secondary N) is 2. The van der Waals surface area contributed by atoms with Crippen LogP contribution < -0.4 is 16.4 Å². The molecule has 7 nitrogen and oxygen atoms in total. The molecule has 0 saturated heterocycles. The van der Waals surface area contributed by atoms with E-state index in [0.717, 1.165) is 12.8 Å². The molecule has 0 aromatic rings. The fourth-order valence-electron chi connectivity index (χ4n) is 2.97. The van der Waals surface area contributed by atoms with Crippen LogP contribution in [-0.4, -0.2) is 42.0 Å². The van der Waals surface area contributed by atoms with Gasteiger partial charge in [-0.25, -0.2) is 4.79 Å². The molecule has 0 spiro atoms. The molecule has 0 heterocycles. The van der Waals surface area contributed by atoms with Gasteiger partial charge in [-0.3, -0.25) is 9.59 Å². The third kappa shape index (κ3) is 5.47. The number of hydrogen-bond donors (Lipinski definition) is 3. The first-order valence-corrected chi connectivity index (χ1v) is 8.77. The van der Waals surface area contributed by atoms with Crippen LogP contribution in [0.15, 0.2) is 0 Å². The first-order valence-electron chi connectivity index (χ1n) is 8.77. The summed E-state index contributed by atoms with van der Waals surface area (Å²) in [5.74, 6) is -0.857. The third-order valence-electron chi connectivity index (χ3n) is 4.30. The van der Waals surface area contributed by atoms with Crippen molar-refractivity contribution in [1.29, 1.82) is 0 Å². The van der Waals surface area contributed by atoms with Gasteiger partial charge in [0.2, 0.25) is 11.8 Å². The Bertz CT molecular complexity index is 459. The molecule has 24 heavy (non-hydrogen) atoms. The Morgan fingerprint density at radius 1 is 1.12 bits per heavy atom. The molecule has 0 radical (unpaired) electrons. The Hall–Kier alpha value is -1.63. The van der Waals surface area contributed by atoms with E-state index in [9.17, 15) is 14.4 Å². The maximum atomic E-state index is 12.4. The molecule has 1 rings (SSSR count). The summed E-state index contributed by atoms with van der Waals surface area (Å²) in [6, 6.07) is -1.41. The quantitative estimate of drug-likeness (QED) is 0.567. The lowest BCUT2D eigenvalue weighted by Gasteiger charge is -2.29. The summed E-state index contributed by atoms with van der Waals surface area (Å²) < 4.78 is 5.11. The molecule has 0 aromatic heterocycles. The maximum absolute atomic E-state index is 12.4. The summed E-state index contributed by atoms with van der Waals surface area (Å²) >= 11 is 0. The molecule has 1 saturated carbocycles. The van der Waals surface area contributed by atoms with Gasteiger partial charge in [-0.05, 0) is 39.0 Å². The molecule has 2 atom stereocenters. The van der Waals surface area contributed by atoms with E-state index in [1.165, 1.54) is 0 Å². The van der Waals surface area contributed by atoms with Crippen LogP contribution in [0.1, 0.15) is 59.8 Å². The van der Waals surface area contributed by atoms with Gasteiger partial charge >= 0.3 is 5.97 Å². The van der Waals surface area contributed by atoms with Crippen molar-refractivity contribution in [1.82, 2.24) is 10.6 Å². The number of amides is 2. The van der Waals surface area contributed by atoms with E-state index in [0.29, 0.717) is 25.2 Å². The number of carbonyl (C=O) groups excluding carboxylic acids is 3. The van der Waals surface area contributed by atoms with Crippen LogP contribution >= 0.6 is 0 Å². The fraction of sp³-hybridized carbons (Fsp3) is 0.824. The Morgan fingerprint density at radius 2 is 1.71 bits per heavy atom. The Labute approximate surface area is 144 Å². The molecule has 7 heteroatoms.